The van der Waals surface area contributed by atoms with Gasteiger partial charge < -0.3 is 25.2 Å². The van der Waals surface area contributed by atoms with Gasteiger partial charge in [-0.1, -0.05) is 84.9 Å². The number of carbonyl (C=O) groups is 3. The monoisotopic (exact) mass is 550 g/mol. The van der Waals surface area contributed by atoms with Crippen LogP contribution in [0.2, 0.25) is 0 Å². The lowest BCUT2D eigenvalue weighted by atomic mass is 9.98. The zero-order chi connectivity index (χ0) is 28.6. The lowest BCUT2D eigenvalue weighted by Gasteiger charge is -2.19. The van der Waals surface area contributed by atoms with Crippen LogP contribution >= 0.6 is 0 Å². The summed E-state index contributed by atoms with van der Waals surface area (Å²) in [5, 5.41) is 14.5. The maximum absolute atomic E-state index is 13.1. The molecule has 4 aromatic carbocycles. The zero-order valence-electron chi connectivity index (χ0n) is 22.3. The topological polar surface area (TPSA) is 114 Å². The minimum Gasteiger partial charge on any atom is -0.489 e. The highest BCUT2D eigenvalue weighted by molar-refractivity contribution is 5.97. The number of benzene rings is 4. The number of aliphatic carboxylic acids is 1. The normalized spacial score (nSPS) is 12.5. The van der Waals surface area contributed by atoms with E-state index >= 15 is 0 Å². The van der Waals surface area contributed by atoms with Gasteiger partial charge in [0.05, 0.1) is 0 Å². The fraction of sp³-hybridized carbons (Fsp3) is 0.182. The summed E-state index contributed by atoms with van der Waals surface area (Å²) in [6.07, 6.45) is -1.20. The molecule has 0 saturated carbocycles. The first-order valence-corrected chi connectivity index (χ1v) is 13.4. The van der Waals surface area contributed by atoms with Gasteiger partial charge in [0.25, 0.3) is 0 Å². The van der Waals surface area contributed by atoms with Crippen molar-refractivity contribution in [2.75, 3.05) is 11.9 Å². The Labute approximate surface area is 237 Å². The molecule has 208 valence electrons. The number of nitrogens with one attached hydrogen (secondary N) is 2. The van der Waals surface area contributed by atoms with Crippen molar-refractivity contribution in [3.8, 4) is 16.9 Å². The van der Waals surface area contributed by atoms with Crippen molar-refractivity contribution in [3.05, 3.63) is 120 Å². The molecule has 0 fully saturated rings. The van der Waals surface area contributed by atoms with E-state index in [9.17, 15) is 19.5 Å². The largest absolute Gasteiger partial charge is 0.489 e. The van der Waals surface area contributed by atoms with Crippen LogP contribution in [0.3, 0.4) is 0 Å². The van der Waals surface area contributed by atoms with Crippen LogP contribution in [0.15, 0.2) is 103 Å². The Morgan fingerprint density at radius 3 is 2.15 bits per heavy atom. The van der Waals surface area contributed by atoms with Gasteiger partial charge >= 0.3 is 12.1 Å². The van der Waals surface area contributed by atoms with Gasteiger partial charge in [-0.05, 0) is 46.4 Å². The first-order valence-electron chi connectivity index (χ1n) is 13.4. The number of hydrogen-bond acceptors (Lipinski definition) is 5. The van der Waals surface area contributed by atoms with E-state index in [0.717, 1.165) is 27.8 Å². The molecule has 0 saturated heterocycles. The van der Waals surface area contributed by atoms with Crippen molar-refractivity contribution in [1.82, 2.24) is 5.32 Å². The van der Waals surface area contributed by atoms with E-state index in [1.807, 2.05) is 78.9 Å². The second kappa shape index (κ2) is 12.8. The number of carboxylic acids is 1. The van der Waals surface area contributed by atoms with Crippen LogP contribution in [-0.4, -0.2) is 35.7 Å². The average molecular weight is 551 g/mol. The number of rotatable bonds is 11. The fourth-order valence-corrected chi connectivity index (χ4v) is 4.95. The van der Waals surface area contributed by atoms with Crippen LogP contribution in [-0.2, 0) is 20.9 Å². The number of alkyl carbamates (subject to hydrolysis) is 1. The molecular weight excluding hydrogens is 520 g/mol. The van der Waals surface area contributed by atoms with Crippen molar-refractivity contribution in [2.24, 2.45) is 0 Å². The predicted octanol–water partition coefficient (Wildman–Crippen LogP) is 5.98. The number of amides is 2. The van der Waals surface area contributed by atoms with Crippen molar-refractivity contribution in [3.63, 3.8) is 0 Å². The van der Waals surface area contributed by atoms with Gasteiger partial charge in [0.15, 0.2) is 0 Å². The Bertz CT molecular complexity index is 1490. The van der Waals surface area contributed by atoms with E-state index in [1.165, 1.54) is 0 Å². The molecule has 1 aliphatic carbocycles. The molecule has 1 unspecified atom stereocenters. The smallest absolute Gasteiger partial charge is 0.407 e. The highest BCUT2D eigenvalue weighted by Crippen LogP contribution is 2.44. The summed E-state index contributed by atoms with van der Waals surface area (Å²) < 4.78 is 11.4. The summed E-state index contributed by atoms with van der Waals surface area (Å²) in [5.74, 6) is -1.22. The van der Waals surface area contributed by atoms with E-state index < -0.39 is 24.0 Å². The molecule has 0 bridgehead atoms. The number of ether oxygens (including phenoxy) is 2. The zero-order valence-corrected chi connectivity index (χ0v) is 22.3. The lowest BCUT2D eigenvalue weighted by molar-refractivity contribution is -0.137. The second-order valence-corrected chi connectivity index (χ2v) is 9.75. The number of carbonyl (C=O) groups excluding carboxylic acids is 2. The van der Waals surface area contributed by atoms with E-state index in [1.54, 1.807) is 24.3 Å². The molecule has 0 aliphatic heterocycles. The van der Waals surface area contributed by atoms with Crippen LogP contribution in [0.1, 0.15) is 35.4 Å². The summed E-state index contributed by atoms with van der Waals surface area (Å²) in [4.78, 5) is 37.2. The van der Waals surface area contributed by atoms with E-state index in [0.29, 0.717) is 18.0 Å². The predicted molar refractivity (Wildman–Crippen MR) is 155 cm³/mol. The average Bonchev–Trinajstić information content (AvgIpc) is 3.31. The van der Waals surface area contributed by atoms with E-state index in [2.05, 4.69) is 10.6 Å². The van der Waals surface area contributed by atoms with Gasteiger partial charge in [0.2, 0.25) is 5.91 Å². The molecule has 0 heterocycles. The number of anilines is 1. The fourth-order valence-electron chi connectivity index (χ4n) is 4.95. The van der Waals surface area contributed by atoms with Crippen LogP contribution < -0.4 is 15.4 Å². The molecule has 0 aromatic heterocycles. The van der Waals surface area contributed by atoms with Crippen LogP contribution in [0.25, 0.3) is 11.1 Å². The summed E-state index contributed by atoms with van der Waals surface area (Å²) in [6, 6.07) is 31.4. The molecule has 8 heteroatoms. The second-order valence-electron chi connectivity index (χ2n) is 9.75. The molecule has 1 atom stereocenters. The molecule has 0 radical (unpaired) electrons. The summed E-state index contributed by atoms with van der Waals surface area (Å²) in [6.45, 7) is 0.441. The SMILES string of the molecule is O=C(O)CCC(NC(=O)OCC1c2ccccc2-c2ccccc21)C(=O)Nc1cccc(OCc2ccccc2)c1. The standard InChI is InChI=1S/C33H30N2O6/c36-31(37)18-17-30(32(38)34-23-11-8-12-24(19-23)40-20-22-9-2-1-3-10-22)35-33(39)41-21-29-27-15-6-4-13-25(27)26-14-5-7-16-28(26)29/h1-16,19,29-30H,17-18,20-21H2,(H,34,38)(H,35,39)(H,36,37). The van der Waals surface area contributed by atoms with Gasteiger partial charge in [-0.3, -0.25) is 9.59 Å². The molecule has 5 rings (SSSR count). The Balaban J connectivity index is 1.21. The molecular formula is C33H30N2O6. The summed E-state index contributed by atoms with van der Waals surface area (Å²) >= 11 is 0. The minimum atomic E-state index is -1.12. The minimum absolute atomic E-state index is 0.0773. The maximum atomic E-state index is 13.1. The maximum Gasteiger partial charge on any atom is 0.407 e. The van der Waals surface area contributed by atoms with Crippen LogP contribution in [0.4, 0.5) is 10.5 Å². The Morgan fingerprint density at radius 1 is 0.805 bits per heavy atom. The third-order valence-corrected chi connectivity index (χ3v) is 6.95. The van der Waals surface area contributed by atoms with Gasteiger partial charge in [0.1, 0.15) is 25.0 Å². The molecule has 1 aliphatic rings. The summed E-state index contributed by atoms with van der Waals surface area (Å²) in [7, 11) is 0. The Morgan fingerprint density at radius 2 is 1.46 bits per heavy atom. The molecule has 0 spiro atoms. The van der Waals surface area contributed by atoms with E-state index in [-0.39, 0.29) is 25.4 Å². The van der Waals surface area contributed by atoms with Gasteiger partial charge in [-0.2, -0.15) is 0 Å². The van der Waals surface area contributed by atoms with Crippen molar-refractivity contribution < 1.29 is 29.0 Å². The summed E-state index contributed by atoms with van der Waals surface area (Å²) in [5.41, 5.74) is 5.79. The molecule has 8 nitrogen and oxygen atoms in total. The molecule has 41 heavy (non-hydrogen) atoms. The van der Waals surface area contributed by atoms with E-state index in [4.69, 9.17) is 9.47 Å². The number of hydrogen-bond donors (Lipinski definition) is 3. The lowest BCUT2D eigenvalue weighted by Crippen LogP contribution is -2.44. The van der Waals surface area contributed by atoms with Crippen molar-refractivity contribution in [2.45, 2.75) is 31.4 Å². The van der Waals surface area contributed by atoms with Crippen LogP contribution in [0.5, 0.6) is 5.75 Å². The Kier molecular flexibility index (Phi) is 8.59. The first kappa shape index (κ1) is 27.5. The first-order chi connectivity index (χ1) is 20.0. The Hall–Kier alpha value is -5.11. The number of carboxylic acid groups (broad SMARTS) is 1. The van der Waals surface area contributed by atoms with Gasteiger partial charge in [-0.25, -0.2) is 4.79 Å². The van der Waals surface area contributed by atoms with Gasteiger partial charge in [0, 0.05) is 24.1 Å². The quantitative estimate of drug-likeness (QED) is 0.212. The molecule has 2 amide bonds. The molecule has 3 N–H and O–H groups in total. The number of fused-ring (bicyclic) bond motifs is 3. The molecule has 4 aromatic rings. The highest BCUT2D eigenvalue weighted by atomic mass is 16.5. The van der Waals surface area contributed by atoms with Crippen molar-refractivity contribution in [1.29, 1.82) is 0 Å². The van der Waals surface area contributed by atoms with Crippen molar-refractivity contribution >= 4 is 23.7 Å². The van der Waals surface area contributed by atoms with Gasteiger partial charge in [-0.15, -0.1) is 0 Å². The van der Waals surface area contributed by atoms with Crippen LogP contribution in [0, 0.1) is 0 Å². The third-order valence-electron chi connectivity index (χ3n) is 6.95. The highest BCUT2D eigenvalue weighted by Gasteiger charge is 2.30. The third kappa shape index (κ3) is 6.91.